The molecular weight excluding hydrogens is 136 g/mol. The van der Waals surface area contributed by atoms with Crippen molar-refractivity contribution in [3.63, 3.8) is 0 Å². The molecule has 0 aliphatic carbocycles. The number of nitrogens with one attached hydrogen (secondary N) is 1. The molecule has 0 unspecified atom stereocenters. The number of nitrogens with zero attached hydrogens (tertiary/aromatic N) is 1. The molecule has 0 spiro atoms. The lowest BCUT2D eigenvalue weighted by atomic mass is 10.1. The molecule has 1 N–H and O–H groups in total. The zero-order valence-electron chi connectivity index (χ0n) is 6.46. The number of aromatic nitrogens is 1. The van der Waals surface area contributed by atoms with E-state index < -0.39 is 0 Å². The predicted molar refractivity (Wildman–Crippen MR) is 46.5 cm³/mol. The van der Waals surface area contributed by atoms with Crippen LogP contribution in [0.1, 0.15) is 11.3 Å². The second-order valence-corrected chi connectivity index (χ2v) is 2.70. The second kappa shape index (κ2) is 2.38. The van der Waals surface area contributed by atoms with E-state index in [1.165, 1.54) is 5.56 Å². The van der Waals surface area contributed by atoms with Crippen LogP contribution in [0.4, 0.5) is 5.69 Å². The van der Waals surface area contributed by atoms with Crippen molar-refractivity contribution in [2.75, 3.05) is 11.9 Å². The van der Waals surface area contributed by atoms with Gasteiger partial charge in [0.1, 0.15) is 0 Å². The molecule has 0 radical (unpaired) electrons. The highest BCUT2D eigenvalue weighted by Crippen LogP contribution is 2.19. The molecule has 0 aromatic carbocycles. The minimum Gasteiger partial charge on any atom is -0.380 e. The van der Waals surface area contributed by atoms with Gasteiger partial charge in [0, 0.05) is 17.8 Å². The third-order valence-electron chi connectivity index (χ3n) is 1.78. The standard InChI is InChI=1S/C9H10N2/c1-7-5-8-3-2-4-10-9(8)6-11-7/h2-3,5-6,10H,4H2,1H3. The summed E-state index contributed by atoms with van der Waals surface area (Å²) in [5.74, 6) is 0. The van der Waals surface area contributed by atoms with E-state index in [4.69, 9.17) is 0 Å². The molecule has 2 heteroatoms. The first-order valence-electron chi connectivity index (χ1n) is 3.73. The van der Waals surface area contributed by atoms with Crippen LogP contribution < -0.4 is 5.32 Å². The summed E-state index contributed by atoms with van der Waals surface area (Å²) in [6.45, 7) is 2.92. The summed E-state index contributed by atoms with van der Waals surface area (Å²) in [6, 6.07) is 2.08. The first kappa shape index (κ1) is 6.40. The number of hydrogen-bond acceptors (Lipinski definition) is 2. The fourth-order valence-electron chi connectivity index (χ4n) is 1.22. The lowest BCUT2D eigenvalue weighted by Gasteiger charge is -2.11. The van der Waals surface area contributed by atoms with Crippen LogP contribution in [0.2, 0.25) is 0 Å². The largest absolute Gasteiger partial charge is 0.380 e. The Morgan fingerprint density at radius 3 is 3.36 bits per heavy atom. The smallest absolute Gasteiger partial charge is 0.0602 e. The maximum atomic E-state index is 4.20. The molecule has 0 saturated heterocycles. The quantitative estimate of drug-likeness (QED) is 0.604. The average Bonchev–Trinajstić information content (AvgIpc) is 2.04. The normalized spacial score (nSPS) is 13.9. The van der Waals surface area contributed by atoms with Crippen LogP contribution in [0.5, 0.6) is 0 Å². The van der Waals surface area contributed by atoms with E-state index in [9.17, 15) is 0 Å². The molecular formula is C9H10N2. The lowest BCUT2D eigenvalue weighted by Crippen LogP contribution is -2.04. The van der Waals surface area contributed by atoms with Gasteiger partial charge >= 0.3 is 0 Å². The van der Waals surface area contributed by atoms with Gasteiger partial charge in [0.2, 0.25) is 0 Å². The summed E-state index contributed by atoms with van der Waals surface area (Å²) in [5, 5.41) is 3.24. The van der Waals surface area contributed by atoms with Crippen molar-refractivity contribution in [3.8, 4) is 0 Å². The third kappa shape index (κ3) is 1.11. The minimum atomic E-state index is 0.914. The van der Waals surface area contributed by atoms with Crippen LogP contribution in [-0.4, -0.2) is 11.5 Å². The summed E-state index contributed by atoms with van der Waals surface area (Å²) in [7, 11) is 0. The van der Waals surface area contributed by atoms with Crippen molar-refractivity contribution in [2.45, 2.75) is 6.92 Å². The summed E-state index contributed by atoms with van der Waals surface area (Å²) in [5.41, 5.74) is 3.44. The molecule has 0 bridgehead atoms. The molecule has 0 fully saturated rings. The molecule has 56 valence electrons. The van der Waals surface area contributed by atoms with Gasteiger partial charge in [0.05, 0.1) is 11.9 Å². The van der Waals surface area contributed by atoms with E-state index in [2.05, 4.69) is 28.5 Å². The van der Waals surface area contributed by atoms with Gasteiger partial charge in [-0.3, -0.25) is 4.98 Å². The molecule has 1 aromatic rings. The molecule has 1 aromatic heterocycles. The molecule has 11 heavy (non-hydrogen) atoms. The van der Waals surface area contributed by atoms with Crippen LogP contribution in [0.3, 0.4) is 0 Å². The Labute approximate surface area is 66.0 Å². The highest BCUT2D eigenvalue weighted by Gasteiger charge is 2.02. The molecule has 2 rings (SSSR count). The minimum absolute atomic E-state index is 0.914. The van der Waals surface area contributed by atoms with Gasteiger partial charge in [-0.15, -0.1) is 0 Å². The second-order valence-electron chi connectivity index (χ2n) is 2.70. The number of hydrogen-bond donors (Lipinski definition) is 1. The fraction of sp³-hybridized carbons (Fsp3) is 0.222. The monoisotopic (exact) mass is 146 g/mol. The van der Waals surface area contributed by atoms with Crippen molar-refractivity contribution in [1.29, 1.82) is 0 Å². The number of anilines is 1. The van der Waals surface area contributed by atoms with Crippen molar-refractivity contribution in [3.05, 3.63) is 29.6 Å². The Morgan fingerprint density at radius 2 is 2.45 bits per heavy atom. The summed E-state index contributed by atoms with van der Waals surface area (Å²) in [6.07, 6.45) is 6.12. The molecule has 0 atom stereocenters. The Morgan fingerprint density at radius 1 is 1.55 bits per heavy atom. The Kier molecular flexibility index (Phi) is 1.39. The molecule has 2 nitrogen and oxygen atoms in total. The van der Waals surface area contributed by atoms with Crippen LogP contribution in [-0.2, 0) is 0 Å². The first-order valence-corrected chi connectivity index (χ1v) is 3.73. The maximum absolute atomic E-state index is 4.20. The number of aryl methyl sites for hydroxylation is 1. The molecule has 1 aliphatic heterocycles. The fourth-order valence-corrected chi connectivity index (χ4v) is 1.22. The molecule has 0 amide bonds. The van der Waals surface area contributed by atoms with Crippen LogP contribution >= 0.6 is 0 Å². The van der Waals surface area contributed by atoms with Gasteiger partial charge in [0.25, 0.3) is 0 Å². The lowest BCUT2D eigenvalue weighted by molar-refractivity contribution is 1.17. The number of fused-ring (bicyclic) bond motifs is 1. The zero-order valence-corrected chi connectivity index (χ0v) is 6.46. The Hall–Kier alpha value is -1.31. The molecule has 0 saturated carbocycles. The van der Waals surface area contributed by atoms with E-state index in [-0.39, 0.29) is 0 Å². The average molecular weight is 146 g/mol. The maximum Gasteiger partial charge on any atom is 0.0602 e. The van der Waals surface area contributed by atoms with E-state index in [0.29, 0.717) is 0 Å². The highest BCUT2D eigenvalue weighted by atomic mass is 14.9. The molecule has 2 heterocycles. The van der Waals surface area contributed by atoms with Crippen molar-refractivity contribution >= 4 is 11.8 Å². The predicted octanol–water partition coefficient (Wildman–Crippen LogP) is 1.83. The Bertz CT molecular complexity index is 302. The van der Waals surface area contributed by atoms with Crippen LogP contribution in [0.25, 0.3) is 6.08 Å². The van der Waals surface area contributed by atoms with Gasteiger partial charge in [-0.25, -0.2) is 0 Å². The van der Waals surface area contributed by atoms with Gasteiger partial charge in [-0.05, 0) is 13.0 Å². The van der Waals surface area contributed by atoms with Crippen molar-refractivity contribution in [1.82, 2.24) is 4.98 Å². The highest BCUT2D eigenvalue weighted by molar-refractivity contribution is 5.69. The third-order valence-corrected chi connectivity index (χ3v) is 1.78. The van der Waals surface area contributed by atoms with Gasteiger partial charge in [-0.1, -0.05) is 12.2 Å². The van der Waals surface area contributed by atoms with Gasteiger partial charge in [0.15, 0.2) is 0 Å². The number of pyridine rings is 1. The van der Waals surface area contributed by atoms with Crippen molar-refractivity contribution in [2.24, 2.45) is 0 Å². The topological polar surface area (TPSA) is 24.9 Å². The number of rotatable bonds is 0. The summed E-state index contributed by atoms with van der Waals surface area (Å²) >= 11 is 0. The van der Waals surface area contributed by atoms with Crippen LogP contribution in [0, 0.1) is 6.92 Å². The SMILES string of the molecule is Cc1cc2c(cn1)NCC=C2. The van der Waals surface area contributed by atoms with E-state index in [1.807, 2.05) is 13.1 Å². The van der Waals surface area contributed by atoms with Gasteiger partial charge < -0.3 is 5.32 Å². The van der Waals surface area contributed by atoms with Gasteiger partial charge in [-0.2, -0.15) is 0 Å². The van der Waals surface area contributed by atoms with Crippen LogP contribution in [0.15, 0.2) is 18.3 Å². The molecule has 1 aliphatic rings. The summed E-state index contributed by atoms with van der Waals surface area (Å²) in [4.78, 5) is 4.20. The first-order chi connectivity index (χ1) is 5.36. The van der Waals surface area contributed by atoms with Crippen molar-refractivity contribution < 1.29 is 0 Å². The zero-order chi connectivity index (χ0) is 7.68. The Balaban J connectivity index is 2.54. The summed E-state index contributed by atoms with van der Waals surface area (Å²) < 4.78 is 0. The van der Waals surface area contributed by atoms with E-state index in [0.717, 1.165) is 17.9 Å². The van der Waals surface area contributed by atoms with E-state index in [1.54, 1.807) is 0 Å². The van der Waals surface area contributed by atoms with E-state index >= 15 is 0 Å².